The Kier molecular flexibility index (Phi) is 14.7. The maximum Gasteiger partial charge on any atom is 0.246 e. The fourth-order valence-electron chi connectivity index (χ4n) is 6.10. The number of aryl methyl sites for hydroxylation is 2. The molecule has 1 aromatic heterocycles. The molecular weight excluding hydrogens is 762 g/mol. The van der Waals surface area contributed by atoms with Crippen molar-refractivity contribution in [3.8, 4) is 23.1 Å². The molecule has 0 N–H and O–H groups in total. The fourth-order valence-corrected chi connectivity index (χ4v) is 6.31. The maximum absolute atomic E-state index is 13.1. The SMILES string of the molecule is Br.Cc1ccc(COc2ccc(Oc3cc(Cl)c(/C=C/C(=O)N4CCN(Cc5ccc(CCOc6ccc(C(C)C)cc6)cc5)CC4)cc3C)nc2)cc1. The summed E-state index contributed by atoms with van der Waals surface area (Å²) < 4.78 is 17.9. The molecular formula is C45H49BrClN3O4. The van der Waals surface area contributed by atoms with Gasteiger partial charge in [0.2, 0.25) is 11.8 Å². The first-order valence-corrected chi connectivity index (χ1v) is 18.7. The third kappa shape index (κ3) is 11.7. The number of piperazine rings is 1. The van der Waals surface area contributed by atoms with Crippen LogP contribution >= 0.6 is 28.6 Å². The normalized spacial score (nSPS) is 13.2. The highest BCUT2D eigenvalue weighted by atomic mass is 79.9. The minimum atomic E-state index is -0.0185. The lowest BCUT2D eigenvalue weighted by molar-refractivity contribution is -0.127. The highest BCUT2D eigenvalue weighted by Crippen LogP contribution is 2.31. The van der Waals surface area contributed by atoms with E-state index >= 15 is 0 Å². The first kappa shape index (κ1) is 40.6. The molecule has 0 bridgehead atoms. The summed E-state index contributed by atoms with van der Waals surface area (Å²) in [5.41, 5.74) is 7.79. The van der Waals surface area contributed by atoms with Gasteiger partial charge in [-0.3, -0.25) is 9.69 Å². The van der Waals surface area contributed by atoms with E-state index in [9.17, 15) is 4.79 Å². The number of aromatic nitrogens is 1. The van der Waals surface area contributed by atoms with Gasteiger partial charge in [-0.15, -0.1) is 17.0 Å². The predicted octanol–water partition coefficient (Wildman–Crippen LogP) is 10.4. The van der Waals surface area contributed by atoms with E-state index in [1.165, 1.54) is 22.3 Å². The Morgan fingerprint density at radius 1 is 0.815 bits per heavy atom. The Labute approximate surface area is 335 Å². The molecule has 2 heterocycles. The molecule has 1 amide bonds. The molecule has 6 rings (SSSR count). The molecule has 9 heteroatoms. The van der Waals surface area contributed by atoms with E-state index in [0.717, 1.165) is 48.5 Å². The number of ether oxygens (including phenoxy) is 3. The maximum atomic E-state index is 13.1. The van der Waals surface area contributed by atoms with Crippen molar-refractivity contribution in [2.45, 2.75) is 53.2 Å². The van der Waals surface area contributed by atoms with Crippen molar-refractivity contribution in [2.75, 3.05) is 32.8 Å². The quantitative estimate of drug-likeness (QED) is 0.104. The number of pyridine rings is 1. The number of hydrogen-bond acceptors (Lipinski definition) is 6. The van der Waals surface area contributed by atoms with Crippen LogP contribution in [0.4, 0.5) is 0 Å². The van der Waals surface area contributed by atoms with Gasteiger partial charge in [0.25, 0.3) is 0 Å². The summed E-state index contributed by atoms with van der Waals surface area (Å²) in [5, 5.41) is 0.493. The average Bonchev–Trinajstić information content (AvgIpc) is 3.17. The Balaban J connectivity index is 0.00000561. The molecule has 54 heavy (non-hydrogen) atoms. The van der Waals surface area contributed by atoms with Gasteiger partial charge < -0.3 is 19.1 Å². The van der Waals surface area contributed by atoms with Gasteiger partial charge >= 0.3 is 0 Å². The third-order valence-corrected chi connectivity index (χ3v) is 9.80. The number of benzene rings is 4. The Bertz CT molecular complexity index is 1970. The fraction of sp³-hybridized carbons (Fsp3) is 0.289. The number of rotatable bonds is 14. The Hall–Kier alpha value is -4.63. The minimum Gasteiger partial charge on any atom is -0.493 e. The van der Waals surface area contributed by atoms with Crippen LogP contribution in [-0.4, -0.2) is 53.5 Å². The molecule has 4 aromatic carbocycles. The summed E-state index contributed by atoms with van der Waals surface area (Å²) in [6.45, 7) is 13.4. The van der Waals surface area contributed by atoms with E-state index in [-0.39, 0.29) is 22.9 Å². The molecule has 1 saturated heterocycles. The number of nitrogens with zero attached hydrogens (tertiary/aromatic N) is 3. The van der Waals surface area contributed by atoms with Crippen molar-refractivity contribution >= 4 is 40.6 Å². The molecule has 0 radical (unpaired) electrons. The van der Waals surface area contributed by atoms with E-state index in [0.29, 0.717) is 54.6 Å². The average molecular weight is 811 g/mol. The summed E-state index contributed by atoms with van der Waals surface area (Å²) >= 11 is 6.63. The lowest BCUT2D eigenvalue weighted by Crippen LogP contribution is -2.47. The van der Waals surface area contributed by atoms with Gasteiger partial charge in [-0.1, -0.05) is 91.7 Å². The van der Waals surface area contributed by atoms with Gasteiger partial charge in [0, 0.05) is 57.4 Å². The van der Waals surface area contributed by atoms with Crippen LogP contribution in [0, 0.1) is 13.8 Å². The summed E-state index contributed by atoms with van der Waals surface area (Å²) in [7, 11) is 0. The molecule has 0 atom stereocenters. The van der Waals surface area contributed by atoms with Gasteiger partial charge in [-0.2, -0.15) is 0 Å². The van der Waals surface area contributed by atoms with Crippen LogP contribution in [0.25, 0.3) is 6.08 Å². The molecule has 0 aliphatic carbocycles. The van der Waals surface area contributed by atoms with Crippen LogP contribution in [0.5, 0.6) is 23.1 Å². The Morgan fingerprint density at radius 2 is 1.48 bits per heavy atom. The van der Waals surface area contributed by atoms with E-state index in [4.69, 9.17) is 25.8 Å². The van der Waals surface area contributed by atoms with Crippen LogP contribution in [0.1, 0.15) is 58.7 Å². The zero-order valence-corrected chi connectivity index (χ0v) is 33.9. The van der Waals surface area contributed by atoms with Crippen LogP contribution < -0.4 is 14.2 Å². The van der Waals surface area contributed by atoms with Gasteiger partial charge in [-0.05, 0) is 83.5 Å². The topological polar surface area (TPSA) is 64.1 Å². The van der Waals surface area contributed by atoms with Gasteiger partial charge in [0.05, 0.1) is 17.8 Å². The van der Waals surface area contributed by atoms with E-state index in [1.807, 2.05) is 24.0 Å². The van der Waals surface area contributed by atoms with E-state index < -0.39 is 0 Å². The smallest absolute Gasteiger partial charge is 0.246 e. The van der Waals surface area contributed by atoms with Crippen LogP contribution in [0.2, 0.25) is 5.02 Å². The van der Waals surface area contributed by atoms with Gasteiger partial charge in [0.15, 0.2) is 0 Å². The highest BCUT2D eigenvalue weighted by Gasteiger charge is 2.20. The van der Waals surface area contributed by atoms with Crippen molar-refractivity contribution in [3.05, 3.63) is 153 Å². The zero-order valence-electron chi connectivity index (χ0n) is 31.5. The number of carbonyl (C=O) groups excluding carboxylic acids is 1. The zero-order chi connectivity index (χ0) is 37.2. The second kappa shape index (κ2) is 19.6. The highest BCUT2D eigenvalue weighted by molar-refractivity contribution is 8.93. The second-order valence-corrected chi connectivity index (χ2v) is 14.3. The Morgan fingerprint density at radius 3 is 2.15 bits per heavy atom. The van der Waals surface area contributed by atoms with Crippen molar-refractivity contribution in [3.63, 3.8) is 0 Å². The monoisotopic (exact) mass is 809 g/mol. The van der Waals surface area contributed by atoms with Crippen molar-refractivity contribution in [1.29, 1.82) is 0 Å². The number of carbonyl (C=O) groups is 1. The molecule has 1 aliphatic rings. The van der Waals surface area contributed by atoms with E-state index in [2.05, 4.69) is 103 Å². The number of amides is 1. The van der Waals surface area contributed by atoms with Crippen LogP contribution in [0.15, 0.2) is 109 Å². The molecule has 282 valence electrons. The summed E-state index contributed by atoms with van der Waals surface area (Å²) in [6, 6.07) is 32.7. The van der Waals surface area contributed by atoms with Crippen molar-refractivity contribution < 1.29 is 19.0 Å². The van der Waals surface area contributed by atoms with E-state index in [1.54, 1.807) is 30.5 Å². The van der Waals surface area contributed by atoms with Crippen molar-refractivity contribution in [1.82, 2.24) is 14.8 Å². The molecule has 1 aliphatic heterocycles. The van der Waals surface area contributed by atoms with Crippen LogP contribution in [0.3, 0.4) is 0 Å². The molecule has 0 spiro atoms. The first-order chi connectivity index (χ1) is 25.7. The molecule has 7 nitrogen and oxygen atoms in total. The molecule has 0 saturated carbocycles. The third-order valence-electron chi connectivity index (χ3n) is 9.47. The molecule has 1 fully saturated rings. The number of halogens is 2. The van der Waals surface area contributed by atoms with Crippen molar-refractivity contribution in [2.24, 2.45) is 0 Å². The van der Waals surface area contributed by atoms with Crippen LogP contribution in [-0.2, 0) is 24.4 Å². The predicted molar refractivity (Wildman–Crippen MR) is 223 cm³/mol. The summed E-state index contributed by atoms with van der Waals surface area (Å²) in [4.78, 5) is 21.8. The molecule has 0 unspecified atom stereocenters. The minimum absolute atomic E-state index is 0. The second-order valence-electron chi connectivity index (χ2n) is 13.9. The standard InChI is InChI=1S/C45H48ClN3O4.BrH/c1-32(2)38-13-16-40(17-14-38)51-26-21-35-9-11-36(12-10-35)30-48-22-24-49(25-23-48)45(50)20-15-39-27-34(4)43(28-42(39)46)53-44-19-18-41(29-47-44)52-31-37-7-5-33(3)6-8-37;/h5-20,27-29,32H,21-26,30-31H2,1-4H3;1H/b20-15+;. The number of hydrogen-bond donors (Lipinski definition) is 0. The lowest BCUT2D eigenvalue weighted by Gasteiger charge is -2.34. The van der Waals surface area contributed by atoms with Gasteiger partial charge in [0.1, 0.15) is 23.9 Å². The first-order valence-electron chi connectivity index (χ1n) is 18.3. The van der Waals surface area contributed by atoms with Gasteiger partial charge in [-0.25, -0.2) is 4.98 Å². The summed E-state index contributed by atoms with van der Waals surface area (Å²) in [6.07, 6.45) is 5.90. The molecule has 5 aromatic rings. The lowest BCUT2D eigenvalue weighted by atomic mass is 10.0. The summed E-state index contributed by atoms with van der Waals surface area (Å²) in [5.74, 6) is 3.11. The largest absolute Gasteiger partial charge is 0.493 e.